The van der Waals surface area contributed by atoms with Crippen LogP contribution in [-0.4, -0.2) is 4.21 Å². The van der Waals surface area contributed by atoms with Crippen LogP contribution in [0.3, 0.4) is 0 Å². The molecule has 2 aromatic rings. The van der Waals surface area contributed by atoms with Crippen LogP contribution in [0.25, 0.3) is 0 Å². The molecule has 0 aliphatic heterocycles. The maximum atomic E-state index is 12.3. The maximum absolute atomic E-state index is 12.3. The second kappa shape index (κ2) is 7.02. The summed E-state index contributed by atoms with van der Waals surface area (Å²) in [6, 6.07) is 19.4. The average Bonchev–Trinajstić information content (AvgIpc) is 2.48. The average molecular weight is 271 g/mol. The summed E-state index contributed by atoms with van der Waals surface area (Å²) in [6.07, 6.45) is 2.58. The monoisotopic (exact) mass is 271 g/mol. The highest BCUT2D eigenvalue weighted by atomic mass is 32.2. The predicted molar refractivity (Wildman–Crippen MR) is 80.0 cm³/mol. The molecule has 0 radical (unpaired) electrons. The normalized spacial score (nSPS) is 13.7. The molecule has 19 heavy (non-hydrogen) atoms. The smallest absolute Gasteiger partial charge is 0.125 e. The zero-order valence-electron chi connectivity index (χ0n) is 10.7. The number of nitrogens with one attached hydrogen (secondary N) is 1. The minimum atomic E-state index is -1.21. The van der Waals surface area contributed by atoms with Crippen molar-refractivity contribution < 1.29 is 4.21 Å². The van der Waals surface area contributed by atoms with E-state index in [9.17, 15) is 4.21 Å². The van der Waals surface area contributed by atoms with Gasteiger partial charge in [-0.1, -0.05) is 54.6 Å². The first-order chi connectivity index (χ1) is 9.31. The highest BCUT2D eigenvalue weighted by Crippen LogP contribution is 2.18. The van der Waals surface area contributed by atoms with E-state index in [0.717, 1.165) is 16.9 Å². The Morgan fingerprint density at radius 3 is 2.21 bits per heavy atom. The van der Waals surface area contributed by atoms with Gasteiger partial charge in [-0.05, 0) is 24.1 Å². The Morgan fingerprint density at radius 1 is 1.05 bits per heavy atom. The van der Waals surface area contributed by atoms with Gasteiger partial charge in [-0.15, -0.1) is 6.58 Å². The molecule has 0 spiro atoms. The minimum absolute atomic E-state index is 0.0136. The molecule has 0 fully saturated rings. The fourth-order valence-electron chi connectivity index (χ4n) is 1.85. The Bertz CT molecular complexity index is 539. The second-order valence-electron chi connectivity index (χ2n) is 4.19. The van der Waals surface area contributed by atoms with Gasteiger partial charge >= 0.3 is 0 Å². The topological polar surface area (TPSA) is 29.1 Å². The van der Waals surface area contributed by atoms with Crippen molar-refractivity contribution in [1.82, 2.24) is 4.72 Å². The maximum Gasteiger partial charge on any atom is 0.125 e. The van der Waals surface area contributed by atoms with Gasteiger partial charge in [0.15, 0.2) is 0 Å². The molecule has 98 valence electrons. The first-order valence-electron chi connectivity index (χ1n) is 6.20. The lowest BCUT2D eigenvalue weighted by Crippen LogP contribution is -2.23. The zero-order chi connectivity index (χ0) is 13.5. The van der Waals surface area contributed by atoms with Crippen molar-refractivity contribution in [3.8, 4) is 0 Å². The van der Waals surface area contributed by atoms with Crippen LogP contribution in [0.5, 0.6) is 0 Å². The van der Waals surface area contributed by atoms with Crippen molar-refractivity contribution in [2.75, 3.05) is 0 Å². The van der Waals surface area contributed by atoms with Gasteiger partial charge in [-0.3, -0.25) is 0 Å². The van der Waals surface area contributed by atoms with Gasteiger partial charge in [0.1, 0.15) is 11.0 Å². The molecule has 1 N–H and O–H groups in total. The van der Waals surface area contributed by atoms with Crippen LogP contribution in [0.1, 0.15) is 18.0 Å². The van der Waals surface area contributed by atoms with E-state index in [2.05, 4.69) is 11.3 Å². The summed E-state index contributed by atoms with van der Waals surface area (Å²) < 4.78 is 15.4. The number of hydrogen-bond donors (Lipinski definition) is 1. The predicted octanol–water partition coefficient (Wildman–Crippen LogP) is 3.62. The summed E-state index contributed by atoms with van der Waals surface area (Å²) in [6.45, 7) is 3.77. The Labute approximate surface area is 116 Å². The van der Waals surface area contributed by atoms with Gasteiger partial charge in [0, 0.05) is 6.04 Å². The lowest BCUT2D eigenvalue weighted by atomic mass is 10.1. The summed E-state index contributed by atoms with van der Waals surface area (Å²) in [5.41, 5.74) is 1.12. The van der Waals surface area contributed by atoms with Gasteiger partial charge in [0.2, 0.25) is 0 Å². The van der Waals surface area contributed by atoms with E-state index in [-0.39, 0.29) is 6.04 Å². The van der Waals surface area contributed by atoms with Gasteiger partial charge in [0.25, 0.3) is 0 Å². The molecule has 3 heteroatoms. The summed E-state index contributed by atoms with van der Waals surface area (Å²) in [5, 5.41) is 0. The molecule has 0 amide bonds. The van der Waals surface area contributed by atoms with E-state index in [1.807, 2.05) is 66.7 Å². The van der Waals surface area contributed by atoms with Crippen LogP contribution in [-0.2, 0) is 11.0 Å². The van der Waals surface area contributed by atoms with Crippen LogP contribution in [0.2, 0.25) is 0 Å². The molecule has 0 aliphatic rings. The zero-order valence-corrected chi connectivity index (χ0v) is 11.5. The van der Waals surface area contributed by atoms with Crippen molar-refractivity contribution in [1.29, 1.82) is 0 Å². The molecule has 0 bridgehead atoms. The van der Waals surface area contributed by atoms with E-state index in [1.165, 1.54) is 0 Å². The third-order valence-electron chi connectivity index (χ3n) is 2.81. The minimum Gasteiger partial charge on any atom is -0.237 e. The molecule has 2 atom stereocenters. The van der Waals surface area contributed by atoms with E-state index >= 15 is 0 Å². The highest BCUT2D eigenvalue weighted by Gasteiger charge is 2.13. The van der Waals surface area contributed by atoms with E-state index < -0.39 is 11.0 Å². The Balaban J connectivity index is 2.14. The van der Waals surface area contributed by atoms with Crippen LogP contribution in [0, 0.1) is 0 Å². The quantitative estimate of drug-likeness (QED) is 0.799. The number of benzene rings is 2. The van der Waals surface area contributed by atoms with E-state index in [4.69, 9.17) is 0 Å². The number of hydrogen-bond acceptors (Lipinski definition) is 1. The molecule has 0 heterocycles. The largest absolute Gasteiger partial charge is 0.237 e. The summed E-state index contributed by atoms with van der Waals surface area (Å²) in [4.78, 5) is 0.785. The molecule has 2 rings (SSSR count). The molecule has 2 aromatic carbocycles. The first kappa shape index (κ1) is 13.7. The molecule has 2 unspecified atom stereocenters. The lowest BCUT2D eigenvalue weighted by Gasteiger charge is -2.17. The summed E-state index contributed by atoms with van der Waals surface area (Å²) >= 11 is 0. The van der Waals surface area contributed by atoms with Crippen LogP contribution in [0.15, 0.2) is 78.2 Å². The Kier molecular flexibility index (Phi) is 5.07. The summed E-state index contributed by atoms with van der Waals surface area (Å²) in [5.74, 6) is 0. The third kappa shape index (κ3) is 3.88. The van der Waals surface area contributed by atoms with Crippen molar-refractivity contribution >= 4 is 11.0 Å². The summed E-state index contributed by atoms with van der Waals surface area (Å²) in [7, 11) is -1.21. The van der Waals surface area contributed by atoms with Crippen LogP contribution >= 0.6 is 0 Å². The molecule has 0 aliphatic carbocycles. The van der Waals surface area contributed by atoms with E-state index in [0.29, 0.717) is 0 Å². The number of rotatable bonds is 6. The van der Waals surface area contributed by atoms with Crippen molar-refractivity contribution in [2.24, 2.45) is 0 Å². The van der Waals surface area contributed by atoms with E-state index in [1.54, 1.807) is 0 Å². The highest BCUT2D eigenvalue weighted by molar-refractivity contribution is 7.83. The molecule has 0 saturated heterocycles. The molecular weight excluding hydrogens is 254 g/mol. The fraction of sp³-hybridized carbons (Fsp3) is 0.125. The third-order valence-corrected chi connectivity index (χ3v) is 4.01. The lowest BCUT2D eigenvalue weighted by molar-refractivity contribution is 0.631. The Hall–Kier alpha value is -1.71. The van der Waals surface area contributed by atoms with Crippen molar-refractivity contribution in [2.45, 2.75) is 17.4 Å². The van der Waals surface area contributed by atoms with Crippen molar-refractivity contribution in [3.05, 3.63) is 78.9 Å². The SMILES string of the molecule is C=CCC(NS(=O)c1ccccc1)c1ccccc1. The Morgan fingerprint density at radius 2 is 1.63 bits per heavy atom. The standard InChI is InChI=1S/C16H17NOS/c1-2-9-16(14-10-5-3-6-11-14)17-19(18)15-12-7-4-8-13-15/h2-8,10-13,16-17H,1,9H2. The van der Waals surface area contributed by atoms with Gasteiger partial charge < -0.3 is 0 Å². The van der Waals surface area contributed by atoms with Crippen molar-refractivity contribution in [3.63, 3.8) is 0 Å². The molecule has 0 aromatic heterocycles. The fourth-order valence-corrected chi connectivity index (χ4v) is 2.88. The van der Waals surface area contributed by atoms with Crippen LogP contribution in [0.4, 0.5) is 0 Å². The molecule has 0 saturated carbocycles. The second-order valence-corrected chi connectivity index (χ2v) is 5.43. The van der Waals surface area contributed by atoms with Crippen LogP contribution < -0.4 is 4.72 Å². The van der Waals surface area contributed by atoms with Gasteiger partial charge in [-0.2, -0.15) is 0 Å². The molecular formula is C16H17NOS. The molecule has 2 nitrogen and oxygen atoms in total. The first-order valence-corrected chi connectivity index (χ1v) is 7.35. The van der Waals surface area contributed by atoms with Gasteiger partial charge in [0.05, 0.1) is 4.90 Å². The van der Waals surface area contributed by atoms with Gasteiger partial charge in [-0.25, -0.2) is 8.93 Å².